The third-order valence-corrected chi connectivity index (χ3v) is 3.83. The minimum atomic E-state index is -0.168. The summed E-state index contributed by atoms with van der Waals surface area (Å²) in [5.41, 5.74) is 0. The third-order valence-electron chi connectivity index (χ3n) is 3.83. The van der Waals surface area contributed by atoms with Crippen LogP contribution in [0.3, 0.4) is 0 Å². The molecule has 0 radical (unpaired) electrons. The van der Waals surface area contributed by atoms with E-state index in [9.17, 15) is 4.79 Å². The molecule has 0 N–H and O–H groups in total. The SMILES string of the molecule is CCOC(c1noc(CC(=O)C2CCCC2)n1)C(C)C. The standard InChI is InChI=1S/C15H24N2O3/c1-4-19-14(10(2)3)15-16-13(20-17-15)9-12(18)11-7-5-6-8-11/h10-11,14H,4-9H2,1-3H3. The van der Waals surface area contributed by atoms with E-state index in [1.165, 1.54) is 0 Å². The van der Waals surface area contributed by atoms with Gasteiger partial charge in [-0.25, -0.2) is 0 Å². The number of carbonyl (C=O) groups is 1. The van der Waals surface area contributed by atoms with Gasteiger partial charge < -0.3 is 9.26 Å². The first-order valence-electron chi connectivity index (χ1n) is 7.58. The number of aromatic nitrogens is 2. The van der Waals surface area contributed by atoms with Crippen LogP contribution < -0.4 is 0 Å². The fraction of sp³-hybridized carbons (Fsp3) is 0.800. The number of hydrogen-bond donors (Lipinski definition) is 0. The van der Waals surface area contributed by atoms with E-state index in [1.54, 1.807) is 0 Å². The molecule has 0 aliphatic heterocycles. The van der Waals surface area contributed by atoms with Gasteiger partial charge in [-0.1, -0.05) is 31.8 Å². The number of rotatable bonds is 7. The van der Waals surface area contributed by atoms with E-state index in [-0.39, 0.29) is 30.1 Å². The molecule has 0 amide bonds. The molecule has 1 aliphatic rings. The molecule has 1 fully saturated rings. The summed E-state index contributed by atoms with van der Waals surface area (Å²) in [6.45, 7) is 6.66. The summed E-state index contributed by atoms with van der Waals surface area (Å²) in [5, 5.41) is 3.97. The van der Waals surface area contributed by atoms with Crippen LogP contribution in [0.2, 0.25) is 0 Å². The molecule has 5 nitrogen and oxygen atoms in total. The van der Waals surface area contributed by atoms with Crippen LogP contribution in [0.15, 0.2) is 4.52 Å². The van der Waals surface area contributed by atoms with Gasteiger partial charge in [0.2, 0.25) is 11.7 Å². The van der Waals surface area contributed by atoms with Crippen molar-refractivity contribution in [2.24, 2.45) is 11.8 Å². The van der Waals surface area contributed by atoms with Gasteiger partial charge in [0.1, 0.15) is 11.9 Å². The first-order chi connectivity index (χ1) is 9.61. The lowest BCUT2D eigenvalue weighted by atomic mass is 10.0. The highest BCUT2D eigenvalue weighted by Gasteiger charge is 2.26. The van der Waals surface area contributed by atoms with Gasteiger partial charge in [0.15, 0.2) is 0 Å². The molecule has 112 valence electrons. The van der Waals surface area contributed by atoms with Gasteiger partial charge in [0.25, 0.3) is 0 Å². The van der Waals surface area contributed by atoms with E-state index >= 15 is 0 Å². The number of hydrogen-bond acceptors (Lipinski definition) is 5. The van der Waals surface area contributed by atoms with Crippen molar-refractivity contribution < 1.29 is 14.1 Å². The van der Waals surface area contributed by atoms with E-state index in [0.717, 1.165) is 25.7 Å². The molecule has 20 heavy (non-hydrogen) atoms. The zero-order chi connectivity index (χ0) is 14.5. The topological polar surface area (TPSA) is 65.2 Å². The Bertz CT molecular complexity index is 436. The van der Waals surface area contributed by atoms with Crippen molar-refractivity contribution in [3.8, 4) is 0 Å². The Kier molecular flexibility index (Phi) is 5.29. The molecule has 1 aromatic rings. The van der Waals surface area contributed by atoms with E-state index < -0.39 is 0 Å². The predicted molar refractivity (Wildman–Crippen MR) is 74.2 cm³/mol. The molecule has 1 saturated carbocycles. The average molecular weight is 280 g/mol. The van der Waals surface area contributed by atoms with Crippen molar-refractivity contribution in [1.29, 1.82) is 0 Å². The van der Waals surface area contributed by atoms with E-state index in [2.05, 4.69) is 24.0 Å². The molecular weight excluding hydrogens is 256 g/mol. The van der Waals surface area contributed by atoms with Crippen molar-refractivity contribution in [3.63, 3.8) is 0 Å². The molecule has 1 heterocycles. The first kappa shape index (κ1) is 15.2. The van der Waals surface area contributed by atoms with Crippen LogP contribution in [-0.4, -0.2) is 22.5 Å². The average Bonchev–Trinajstić information content (AvgIpc) is 3.06. The lowest BCUT2D eigenvalue weighted by Gasteiger charge is -2.16. The highest BCUT2D eigenvalue weighted by atomic mass is 16.5. The molecule has 1 unspecified atom stereocenters. The summed E-state index contributed by atoms with van der Waals surface area (Å²) in [6, 6.07) is 0. The second-order valence-corrected chi connectivity index (χ2v) is 5.79. The van der Waals surface area contributed by atoms with Gasteiger partial charge in [-0.2, -0.15) is 4.98 Å². The molecule has 1 atom stereocenters. The summed E-state index contributed by atoms with van der Waals surface area (Å²) in [7, 11) is 0. The number of nitrogens with zero attached hydrogens (tertiary/aromatic N) is 2. The molecule has 5 heteroatoms. The minimum absolute atomic E-state index is 0.168. The van der Waals surface area contributed by atoms with Crippen molar-refractivity contribution in [2.75, 3.05) is 6.61 Å². The normalized spacial score (nSPS) is 17.8. The zero-order valence-corrected chi connectivity index (χ0v) is 12.6. The number of Topliss-reactive ketones (excluding diaryl/α,β-unsaturated/α-hetero) is 1. The van der Waals surface area contributed by atoms with Crippen molar-refractivity contribution in [3.05, 3.63) is 11.7 Å². The fourth-order valence-corrected chi connectivity index (χ4v) is 2.74. The van der Waals surface area contributed by atoms with E-state index in [4.69, 9.17) is 9.26 Å². The van der Waals surface area contributed by atoms with E-state index in [0.29, 0.717) is 18.3 Å². The molecular formula is C15H24N2O3. The number of carbonyl (C=O) groups excluding carboxylic acids is 1. The van der Waals surface area contributed by atoms with Crippen molar-refractivity contribution >= 4 is 5.78 Å². The van der Waals surface area contributed by atoms with Gasteiger partial charge in [-0.15, -0.1) is 0 Å². The largest absolute Gasteiger partial charge is 0.370 e. The van der Waals surface area contributed by atoms with Crippen LogP contribution in [0, 0.1) is 11.8 Å². The lowest BCUT2D eigenvalue weighted by molar-refractivity contribution is -0.122. The highest BCUT2D eigenvalue weighted by molar-refractivity contribution is 5.82. The van der Waals surface area contributed by atoms with Gasteiger partial charge in [-0.3, -0.25) is 4.79 Å². The molecule has 0 spiro atoms. The maximum Gasteiger partial charge on any atom is 0.234 e. The Balaban J connectivity index is 1.98. The molecule has 1 aromatic heterocycles. The Labute approximate surface area is 120 Å². The highest BCUT2D eigenvalue weighted by Crippen LogP contribution is 2.27. The minimum Gasteiger partial charge on any atom is -0.370 e. The second-order valence-electron chi connectivity index (χ2n) is 5.79. The van der Waals surface area contributed by atoms with Crippen LogP contribution in [0.4, 0.5) is 0 Å². The Morgan fingerprint density at radius 3 is 2.70 bits per heavy atom. The van der Waals surface area contributed by atoms with Crippen LogP contribution in [0.25, 0.3) is 0 Å². The van der Waals surface area contributed by atoms with Crippen LogP contribution in [0.1, 0.15) is 64.3 Å². The van der Waals surface area contributed by atoms with Crippen LogP contribution >= 0.6 is 0 Å². The predicted octanol–water partition coefficient (Wildman–Crippen LogP) is 3.11. The summed E-state index contributed by atoms with van der Waals surface area (Å²) in [5.74, 6) is 1.66. The Hall–Kier alpha value is -1.23. The monoisotopic (exact) mass is 280 g/mol. The fourth-order valence-electron chi connectivity index (χ4n) is 2.74. The molecule has 0 saturated heterocycles. The maximum absolute atomic E-state index is 12.1. The molecule has 1 aliphatic carbocycles. The third kappa shape index (κ3) is 3.66. The van der Waals surface area contributed by atoms with Crippen molar-refractivity contribution in [2.45, 2.75) is 59.0 Å². The molecule has 2 rings (SSSR count). The Morgan fingerprint density at radius 1 is 1.40 bits per heavy atom. The Morgan fingerprint density at radius 2 is 2.10 bits per heavy atom. The van der Waals surface area contributed by atoms with Gasteiger partial charge in [0, 0.05) is 12.5 Å². The van der Waals surface area contributed by atoms with Gasteiger partial charge >= 0.3 is 0 Å². The first-order valence-corrected chi connectivity index (χ1v) is 7.58. The summed E-state index contributed by atoms with van der Waals surface area (Å²) >= 11 is 0. The quantitative estimate of drug-likeness (QED) is 0.767. The van der Waals surface area contributed by atoms with Crippen molar-refractivity contribution in [1.82, 2.24) is 10.1 Å². The van der Waals surface area contributed by atoms with Crippen LogP contribution in [0.5, 0.6) is 0 Å². The zero-order valence-electron chi connectivity index (χ0n) is 12.6. The van der Waals surface area contributed by atoms with E-state index in [1.807, 2.05) is 6.92 Å². The number of ketones is 1. The van der Waals surface area contributed by atoms with Gasteiger partial charge in [0.05, 0.1) is 6.42 Å². The van der Waals surface area contributed by atoms with Crippen LogP contribution in [-0.2, 0) is 16.0 Å². The summed E-state index contributed by atoms with van der Waals surface area (Å²) < 4.78 is 10.8. The van der Waals surface area contributed by atoms with Gasteiger partial charge in [-0.05, 0) is 25.7 Å². The second kappa shape index (κ2) is 6.97. The molecule has 0 bridgehead atoms. The smallest absolute Gasteiger partial charge is 0.234 e. The number of ether oxygens (including phenoxy) is 1. The summed E-state index contributed by atoms with van der Waals surface area (Å²) in [6.07, 6.45) is 4.42. The lowest BCUT2D eigenvalue weighted by Crippen LogP contribution is -2.15. The maximum atomic E-state index is 12.1. The molecule has 0 aromatic carbocycles. The summed E-state index contributed by atoms with van der Waals surface area (Å²) in [4.78, 5) is 16.4.